The zero-order chi connectivity index (χ0) is 19.8. The van der Waals surface area contributed by atoms with E-state index in [4.69, 9.17) is 9.47 Å². The molecule has 0 spiro atoms. The molecule has 0 bridgehead atoms. The number of benzene rings is 2. The first kappa shape index (κ1) is 19.9. The van der Waals surface area contributed by atoms with Crippen molar-refractivity contribution in [2.75, 3.05) is 20.3 Å². The van der Waals surface area contributed by atoms with Gasteiger partial charge in [-0.25, -0.2) is 4.98 Å². The van der Waals surface area contributed by atoms with E-state index in [2.05, 4.69) is 16.4 Å². The minimum absolute atomic E-state index is 0.0412. The van der Waals surface area contributed by atoms with Crippen molar-refractivity contribution in [1.82, 2.24) is 10.3 Å². The maximum absolute atomic E-state index is 12.0. The van der Waals surface area contributed by atoms with E-state index < -0.39 is 0 Å². The Hall–Kier alpha value is -2.86. The molecular weight excluding hydrogens is 372 g/mol. The zero-order valence-electron chi connectivity index (χ0n) is 16.1. The summed E-state index contributed by atoms with van der Waals surface area (Å²) in [5.74, 6) is 1.02. The number of carbonyl (C=O) groups excluding carboxylic acids is 1. The van der Waals surface area contributed by atoms with Crippen LogP contribution < -0.4 is 14.8 Å². The van der Waals surface area contributed by atoms with Crippen LogP contribution in [0, 0.1) is 0 Å². The number of allylic oxidation sites excluding steroid dienone is 1. The van der Waals surface area contributed by atoms with Crippen LogP contribution in [-0.4, -0.2) is 31.2 Å². The van der Waals surface area contributed by atoms with Crippen molar-refractivity contribution in [1.29, 1.82) is 0 Å². The molecule has 5 nitrogen and oxygen atoms in total. The predicted octanol–water partition coefficient (Wildman–Crippen LogP) is 4.47. The molecule has 2 aromatic carbocycles. The smallest absolute Gasteiger partial charge is 0.257 e. The number of aromatic nitrogens is 1. The molecule has 28 heavy (non-hydrogen) atoms. The molecule has 3 aromatic rings. The molecule has 0 aliphatic carbocycles. The van der Waals surface area contributed by atoms with E-state index in [0.29, 0.717) is 18.0 Å². The molecule has 0 radical (unpaired) electrons. The number of rotatable bonds is 9. The highest BCUT2D eigenvalue weighted by Gasteiger charge is 2.08. The molecule has 1 amide bonds. The second-order valence-electron chi connectivity index (χ2n) is 6.23. The van der Waals surface area contributed by atoms with Gasteiger partial charge in [-0.2, -0.15) is 0 Å². The zero-order valence-corrected chi connectivity index (χ0v) is 16.9. The Morgan fingerprint density at radius 2 is 2.07 bits per heavy atom. The minimum atomic E-state index is -0.149. The van der Waals surface area contributed by atoms with E-state index in [0.717, 1.165) is 28.9 Å². The quantitative estimate of drug-likeness (QED) is 0.542. The van der Waals surface area contributed by atoms with Gasteiger partial charge in [0.25, 0.3) is 5.91 Å². The molecule has 0 aliphatic heterocycles. The number of thiazole rings is 1. The highest BCUT2D eigenvalue weighted by molar-refractivity contribution is 7.18. The number of para-hydroxylation sites is 1. The lowest BCUT2D eigenvalue weighted by Gasteiger charge is -2.11. The summed E-state index contributed by atoms with van der Waals surface area (Å²) in [5.41, 5.74) is 2.06. The Bertz CT molecular complexity index is 932. The van der Waals surface area contributed by atoms with Crippen molar-refractivity contribution < 1.29 is 14.3 Å². The first-order chi connectivity index (χ1) is 13.7. The molecule has 0 fully saturated rings. The van der Waals surface area contributed by atoms with Crippen molar-refractivity contribution >= 4 is 33.5 Å². The molecule has 0 saturated carbocycles. The average Bonchev–Trinajstić information content (AvgIpc) is 3.13. The first-order valence-corrected chi connectivity index (χ1v) is 10.1. The second kappa shape index (κ2) is 9.90. The lowest BCUT2D eigenvalue weighted by Crippen LogP contribution is -2.30. The van der Waals surface area contributed by atoms with Gasteiger partial charge in [0.15, 0.2) is 18.1 Å². The van der Waals surface area contributed by atoms with Crippen LogP contribution in [0.3, 0.4) is 0 Å². The standard InChI is InChI=1S/C22H24N2O3S/c1-3-7-16-11-12-18(19(14-16)26-2)27-15-21(25)23-13-6-10-22-24-17-8-4-5-9-20(17)28-22/h3-5,7-9,11-12,14H,6,10,13,15H2,1-2H3,(H,23,25). The highest BCUT2D eigenvalue weighted by atomic mass is 32.1. The summed E-state index contributed by atoms with van der Waals surface area (Å²) < 4.78 is 12.1. The van der Waals surface area contributed by atoms with Crippen LogP contribution in [0.1, 0.15) is 23.9 Å². The number of amides is 1. The SMILES string of the molecule is CC=Cc1ccc(OCC(=O)NCCCc2nc3ccccc3s2)c(OC)c1. The summed E-state index contributed by atoms with van der Waals surface area (Å²) in [5, 5.41) is 3.98. The van der Waals surface area contributed by atoms with Gasteiger partial charge in [0.1, 0.15) is 0 Å². The van der Waals surface area contributed by atoms with Crippen molar-refractivity contribution in [3.63, 3.8) is 0 Å². The van der Waals surface area contributed by atoms with Crippen LogP contribution in [0.25, 0.3) is 16.3 Å². The predicted molar refractivity (Wildman–Crippen MR) is 114 cm³/mol. The minimum Gasteiger partial charge on any atom is -0.493 e. The van der Waals surface area contributed by atoms with Crippen LogP contribution in [0.4, 0.5) is 0 Å². The number of hydrogen-bond donors (Lipinski definition) is 1. The largest absolute Gasteiger partial charge is 0.493 e. The third-order valence-corrected chi connectivity index (χ3v) is 5.23. The number of carbonyl (C=O) groups is 1. The molecule has 0 aliphatic rings. The summed E-state index contributed by atoms with van der Waals surface area (Å²) in [6.07, 6.45) is 5.62. The Balaban J connectivity index is 1.42. The molecule has 1 N–H and O–H groups in total. The maximum atomic E-state index is 12.0. The normalized spacial score (nSPS) is 11.1. The van der Waals surface area contributed by atoms with Gasteiger partial charge in [0, 0.05) is 13.0 Å². The van der Waals surface area contributed by atoms with Crippen molar-refractivity contribution in [2.24, 2.45) is 0 Å². The first-order valence-electron chi connectivity index (χ1n) is 9.24. The summed E-state index contributed by atoms with van der Waals surface area (Å²) in [6, 6.07) is 13.7. The maximum Gasteiger partial charge on any atom is 0.257 e. The Labute approximate surface area is 169 Å². The third-order valence-electron chi connectivity index (χ3n) is 4.13. The third kappa shape index (κ3) is 5.33. The fraction of sp³-hybridized carbons (Fsp3) is 0.273. The van der Waals surface area contributed by atoms with Crippen molar-refractivity contribution in [3.8, 4) is 11.5 Å². The number of ether oxygens (including phenoxy) is 2. The van der Waals surface area contributed by atoms with E-state index in [1.165, 1.54) is 4.70 Å². The number of aryl methyl sites for hydroxylation is 1. The fourth-order valence-corrected chi connectivity index (χ4v) is 3.80. The number of nitrogens with one attached hydrogen (secondary N) is 1. The van der Waals surface area contributed by atoms with E-state index in [9.17, 15) is 4.79 Å². The van der Waals surface area contributed by atoms with Gasteiger partial charge < -0.3 is 14.8 Å². The van der Waals surface area contributed by atoms with Crippen molar-refractivity contribution in [3.05, 3.63) is 59.1 Å². The van der Waals surface area contributed by atoms with Gasteiger partial charge in [-0.05, 0) is 43.2 Å². The molecule has 3 rings (SSSR count). The lowest BCUT2D eigenvalue weighted by atomic mass is 10.2. The summed E-state index contributed by atoms with van der Waals surface area (Å²) in [6.45, 7) is 2.51. The molecule has 6 heteroatoms. The number of hydrogen-bond acceptors (Lipinski definition) is 5. The Morgan fingerprint density at radius 3 is 2.86 bits per heavy atom. The van der Waals surface area contributed by atoms with Crippen molar-refractivity contribution in [2.45, 2.75) is 19.8 Å². The molecule has 1 aromatic heterocycles. The van der Waals surface area contributed by atoms with Gasteiger partial charge in [-0.1, -0.05) is 30.4 Å². The van der Waals surface area contributed by atoms with Crippen LogP contribution in [0.2, 0.25) is 0 Å². The average molecular weight is 397 g/mol. The second-order valence-corrected chi connectivity index (χ2v) is 7.34. The number of methoxy groups -OCH3 is 1. The number of nitrogens with zero attached hydrogens (tertiary/aromatic N) is 1. The molecule has 0 unspecified atom stereocenters. The van der Waals surface area contributed by atoms with Crippen LogP contribution >= 0.6 is 11.3 Å². The Morgan fingerprint density at radius 1 is 1.21 bits per heavy atom. The number of fused-ring (bicyclic) bond motifs is 1. The lowest BCUT2D eigenvalue weighted by molar-refractivity contribution is -0.123. The van der Waals surface area contributed by atoms with E-state index in [1.54, 1.807) is 18.4 Å². The molecule has 0 saturated heterocycles. The molecule has 1 heterocycles. The van der Waals surface area contributed by atoms with Gasteiger partial charge in [0.2, 0.25) is 0 Å². The monoisotopic (exact) mass is 396 g/mol. The molecule has 0 atom stereocenters. The molecular formula is C22H24N2O3S. The van der Waals surface area contributed by atoms with Crippen LogP contribution in [-0.2, 0) is 11.2 Å². The summed E-state index contributed by atoms with van der Waals surface area (Å²) in [4.78, 5) is 16.6. The molecule has 146 valence electrons. The van der Waals surface area contributed by atoms with E-state index in [1.807, 2.05) is 55.5 Å². The summed E-state index contributed by atoms with van der Waals surface area (Å²) >= 11 is 1.71. The summed E-state index contributed by atoms with van der Waals surface area (Å²) in [7, 11) is 1.59. The van der Waals surface area contributed by atoms with Gasteiger partial charge in [0.05, 0.1) is 22.3 Å². The van der Waals surface area contributed by atoms with Gasteiger partial charge >= 0.3 is 0 Å². The van der Waals surface area contributed by atoms with E-state index >= 15 is 0 Å². The highest BCUT2D eigenvalue weighted by Crippen LogP contribution is 2.28. The van der Waals surface area contributed by atoms with Gasteiger partial charge in [-0.3, -0.25) is 4.79 Å². The van der Waals surface area contributed by atoms with Crippen LogP contribution in [0.5, 0.6) is 11.5 Å². The fourth-order valence-electron chi connectivity index (χ4n) is 2.79. The van der Waals surface area contributed by atoms with Crippen LogP contribution in [0.15, 0.2) is 48.5 Å². The topological polar surface area (TPSA) is 60.5 Å². The Kier molecular flexibility index (Phi) is 7.03. The van der Waals surface area contributed by atoms with Gasteiger partial charge in [-0.15, -0.1) is 11.3 Å². The van der Waals surface area contributed by atoms with E-state index in [-0.39, 0.29) is 12.5 Å².